The van der Waals surface area contributed by atoms with E-state index in [-0.39, 0.29) is 11.9 Å². The molecule has 0 amide bonds. The number of tetrazole rings is 1. The normalized spacial score (nSPS) is 15.0. The lowest BCUT2D eigenvalue weighted by molar-refractivity contribution is 0.197. The van der Waals surface area contributed by atoms with Crippen molar-refractivity contribution in [2.75, 3.05) is 45.3 Å². The second-order valence-corrected chi connectivity index (χ2v) is 8.66. The minimum absolute atomic E-state index is 0.198. The zero-order chi connectivity index (χ0) is 24.9. The molecule has 0 radical (unpaired) electrons. The van der Waals surface area contributed by atoms with Crippen LogP contribution in [0.25, 0.3) is 0 Å². The van der Waals surface area contributed by atoms with Crippen molar-refractivity contribution < 1.29 is 13.9 Å². The highest BCUT2D eigenvalue weighted by Gasteiger charge is 2.33. The summed E-state index contributed by atoms with van der Waals surface area (Å²) in [6.07, 6.45) is 0. The fourth-order valence-electron chi connectivity index (χ4n) is 4.74. The molecule has 0 saturated carbocycles. The molecule has 0 N–H and O–H groups in total. The largest absolute Gasteiger partial charge is 0.497 e. The number of halogens is 1. The minimum Gasteiger partial charge on any atom is -0.497 e. The van der Waals surface area contributed by atoms with Gasteiger partial charge in [0.05, 0.1) is 26.5 Å². The molecule has 2 heterocycles. The van der Waals surface area contributed by atoms with Gasteiger partial charge in [0.2, 0.25) is 0 Å². The molecule has 1 aliphatic heterocycles. The van der Waals surface area contributed by atoms with E-state index in [2.05, 4.69) is 31.4 Å². The van der Waals surface area contributed by atoms with Crippen molar-refractivity contribution in [3.05, 3.63) is 95.6 Å². The van der Waals surface area contributed by atoms with Crippen LogP contribution in [-0.2, 0) is 6.54 Å². The molecule has 9 heteroatoms. The molecule has 1 aliphatic rings. The molecule has 4 aromatic rings. The van der Waals surface area contributed by atoms with Crippen LogP contribution in [0.3, 0.4) is 0 Å². The van der Waals surface area contributed by atoms with Gasteiger partial charge in [-0.05, 0) is 46.3 Å². The summed E-state index contributed by atoms with van der Waals surface area (Å²) in [7, 11) is 3.32. The smallest absolute Gasteiger partial charge is 0.173 e. The highest BCUT2D eigenvalue weighted by Crippen LogP contribution is 2.35. The average Bonchev–Trinajstić information content (AvgIpc) is 3.38. The molecular weight excluding hydrogens is 459 g/mol. The molecule has 0 bridgehead atoms. The summed E-state index contributed by atoms with van der Waals surface area (Å²) in [4.78, 5) is 4.43. The van der Waals surface area contributed by atoms with E-state index in [1.165, 1.54) is 6.07 Å². The number of aromatic nitrogens is 4. The summed E-state index contributed by atoms with van der Waals surface area (Å²) in [5.74, 6) is 2.11. The van der Waals surface area contributed by atoms with E-state index in [1.807, 2.05) is 59.3 Å². The highest BCUT2D eigenvalue weighted by molar-refractivity contribution is 5.48. The Morgan fingerprint density at radius 1 is 0.861 bits per heavy atom. The Bertz CT molecular complexity index is 1290. The van der Waals surface area contributed by atoms with Gasteiger partial charge in [0.15, 0.2) is 5.82 Å². The van der Waals surface area contributed by atoms with Crippen LogP contribution in [0.2, 0.25) is 0 Å². The van der Waals surface area contributed by atoms with Crippen LogP contribution in [0.4, 0.5) is 10.1 Å². The summed E-state index contributed by atoms with van der Waals surface area (Å²) in [5, 5.41) is 12.8. The standard InChI is InChI=1S/C27H29FN6O2/c1-35-21-13-11-20(12-14-21)19-34-27(29-30-31-34)26(22-7-3-6-10-25(22)36-2)33-17-15-32(16-18-33)24-9-5-4-8-23(24)28/h3-14,26H,15-19H2,1-2H3. The molecule has 8 nitrogen and oxygen atoms in total. The zero-order valence-electron chi connectivity index (χ0n) is 20.4. The molecular formula is C27H29FN6O2. The molecule has 3 aromatic carbocycles. The number of ether oxygens (including phenoxy) is 2. The summed E-state index contributed by atoms with van der Waals surface area (Å²) in [5.41, 5.74) is 2.69. The van der Waals surface area contributed by atoms with Crippen molar-refractivity contribution >= 4 is 5.69 Å². The molecule has 1 unspecified atom stereocenters. The Kier molecular flexibility index (Phi) is 7.08. The number of methoxy groups -OCH3 is 2. The van der Waals surface area contributed by atoms with Gasteiger partial charge in [-0.2, -0.15) is 0 Å². The molecule has 1 aromatic heterocycles. The summed E-state index contributed by atoms with van der Waals surface area (Å²) < 4.78 is 27.3. The lowest BCUT2D eigenvalue weighted by atomic mass is 10.0. The molecule has 186 valence electrons. The Morgan fingerprint density at radius 3 is 2.31 bits per heavy atom. The van der Waals surface area contributed by atoms with Crippen LogP contribution in [0.1, 0.15) is 23.0 Å². The monoisotopic (exact) mass is 488 g/mol. The highest BCUT2D eigenvalue weighted by atomic mass is 19.1. The van der Waals surface area contributed by atoms with Crippen molar-refractivity contribution in [1.29, 1.82) is 0 Å². The number of rotatable bonds is 8. The van der Waals surface area contributed by atoms with Crippen LogP contribution in [0.15, 0.2) is 72.8 Å². The Labute approximate surface area is 209 Å². The van der Waals surface area contributed by atoms with Gasteiger partial charge >= 0.3 is 0 Å². The van der Waals surface area contributed by atoms with Gasteiger partial charge in [-0.3, -0.25) is 4.90 Å². The summed E-state index contributed by atoms with van der Waals surface area (Å²) in [6.45, 7) is 3.32. The van der Waals surface area contributed by atoms with Gasteiger partial charge in [0, 0.05) is 31.7 Å². The average molecular weight is 489 g/mol. The van der Waals surface area contributed by atoms with E-state index in [4.69, 9.17) is 9.47 Å². The van der Waals surface area contributed by atoms with E-state index < -0.39 is 0 Å². The first kappa shape index (κ1) is 23.7. The van der Waals surface area contributed by atoms with E-state index in [9.17, 15) is 4.39 Å². The van der Waals surface area contributed by atoms with Crippen molar-refractivity contribution in [3.8, 4) is 11.5 Å². The van der Waals surface area contributed by atoms with Crippen molar-refractivity contribution in [2.24, 2.45) is 0 Å². The number of nitrogens with zero attached hydrogens (tertiary/aromatic N) is 6. The zero-order valence-corrected chi connectivity index (χ0v) is 20.4. The third-order valence-electron chi connectivity index (χ3n) is 6.60. The second kappa shape index (κ2) is 10.7. The van der Waals surface area contributed by atoms with Crippen molar-refractivity contribution in [2.45, 2.75) is 12.6 Å². The molecule has 5 rings (SSSR count). The number of hydrogen-bond donors (Lipinski definition) is 0. The third kappa shape index (κ3) is 4.87. The number of anilines is 1. The van der Waals surface area contributed by atoms with Crippen LogP contribution in [0, 0.1) is 5.82 Å². The van der Waals surface area contributed by atoms with Gasteiger partial charge in [-0.1, -0.05) is 42.5 Å². The SMILES string of the molecule is COc1ccc(Cn2nnnc2C(c2ccccc2OC)N2CCN(c3ccccc3F)CC2)cc1. The van der Waals surface area contributed by atoms with Crippen LogP contribution >= 0.6 is 0 Å². The Morgan fingerprint density at radius 2 is 1.58 bits per heavy atom. The molecule has 1 atom stereocenters. The van der Waals surface area contributed by atoms with Gasteiger partial charge in [0.25, 0.3) is 0 Å². The maximum absolute atomic E-state index is 14.4. The lowest BCUT2D eigenvalue weighted by Gasteiger charge is -2.40. The number of para-hydroxylation sites is 2. The lowest BCUT2D eigenvalue weighted by Crippen LogP contribution is -2.48. The van der Waals surface area contributed by atoms with E-state index in [0.29, 0.717) is 38.4 Å². The van der Waals surface area contributed by atoms with Crippen molar-refractivity contribution in [3.63, 3.8) is 0 Å². The maximum atomic E-state index is 14.4. The Balaban J connectivity index is 1.45. The van der Waals surface area contributed by atoms with Gasteiger partial charge in [-0.15, -0.1) is 5.10 Å². The van der Waals surface area contributed by atoms with Crippen molar-refractivity contribution in [1.82, 2.24) is 25.1 Å². The summed E-state index contributed by atoms with van der Waals surface area (Å²) in [6, 6.07) is 22.5. The number of benzene rings is 3. The van der Waals surface area contributed by atoms with Gasteiger partial charge in [-0.25, -0.2) is 9.07 Å². The van der Waals surface area contributed by atoms with Gasteiger partial charge in [0.1, 0.15) is 23.4 Å². The predicted molar refractivity (Wildman–Crippen MR) is 135 cm³/mol. The Hall–Kier alpha value is -3.98. The van der Waals surface area contributed by atoms with Crippen LogP contribution in [-0.4, -0.2) is 65.5 Å². The first-order valence-corrected chi connectivity index (χ1v) is 11.9. The fourth-order valence-corrected chi connectivity index (χ4v) is 4.74. The molecule has 36 heavy (non-hydrogen) atoms. The third-order valence-corrected chi connectivity index (χ3v) is 6.60. The molecule has 0 spiro atoms. The molecule has 1 fully saturated rings. The first-order chi connectivity index (χ1) is 17.7. The first-order valence-electron chi connectivity index (χ1n) is 11.9. The van der Waals surface area contributed by atoms with E-state index in [1.54, 1.807) is 20.3 Å². The number of piperazine rings is 1. The van der Waals surface area contributed by atoms with E-state index >= 15 is 0 Å². The topological polar surface area (TPSA) is 68.5 Å². The quantitative estimate of drug-likeness (QED) is 0.374. The van der Waals surface area contributed by atoms with Gasteiger partial charge < -0.3 is 14.4 Å². The second-order valence-electron chi connectivity index (χ2n) is 8.66. The maximum Gasteiger partial charge on any atom is 0.173 e. The molecule has 0 aliphatic carbocycles. The number of hydrogen-bond acceptors (Lipinski definition) is 7. The summed E-state index contributed by atoms with van der Waals surface area (Å²) >= 11 is 0. The van der Waals surface area contributed by atoms with E-state index in [0.717, 1.165) is 28.5 Å². The predicted octanol–water partition coefficient (Wildman–Crippen LogP) is 3.79. The van der Waals surface area contributed by atoms with Crippen LogP contribution in [0.5, 0.6) is 11.5 Å². The van der Waals surface area contributed by atoms with Crippen LogP contribution < -0.4 is 14.4 Å². The fraction of sp³-hybridized carbons (Fsp3) is 0.296. The molecule has 1 saturated heterocycles. The minimum atomic E-state index is -0.225.